The average Bonchev–Trinajstić information content (AvgIpc) is 2.15. The van der Waals surface area contributed by atoms with Crippen LogP contribution in [0.3, 0.4) is 0 Å². The number of rotatable bonds is 3. The molecule has 0 bridgehead atoms. The first-order chi connectivity index (χ1) is 7.29. The summed E-state index contributed by atoms with van der Waals surface area (Å²) in [6, 6.07) is 0. The van der Waals surface area contributed by atoms with Crippen LogP contribution in [0.25, 0.3) is 0 Å². The highest BCUT2D eigenvalue weighted by molar-refractivity contribution is 5.91. The molecule has 0 atom stereocenters. The van der Waals surface area contributed by atoms with Crippen LogP contribution in [0.2, 0.25) is 0 Å². The van der Waals surface area contributed by atoms with Crippen LogP contribution in [0.1, 0.15) is 24.3 Å². The molecule has 88 valence electrons. The summed E-state index contributed by atoms with van der Waals surface area (Å²) in [5.74, 6) is -0.349. The number of amides is 1. The van der Waals surface area contributed by atoms with Crippen LogP contribution in [-0.4, -0.2) is 45.1 Å². The van der Waals surface area contributed by atoms with Crippen molar-refractivity contribution in [3.8, 4) is 0 Å². The van der Waals surface area contributed by atoms with Gasteiger partial charge in [-0.2, -0.15) is 0 Å². The van der Waals surface area contributed by atoms with Gasteiger partial charge < -0.3 is 15.0 Å². The third-order valence-corrected chi connectivity index (χ3v) is 1.86. The first-order valence-electron chi connectivity index (χ1n) is 4.82. The third kappa shape index (κ3) is 3.47. The molecule has 0 aromatic carbocycles. The van der Waals surface area contributed by atoms with Crippen LogP contribution in [0.15, 0.2) is 17.2 Å². The molecule has 0 unspecified atom stereocenters. The monoisotopic (exact) mass is 225 g/mol. The lowest BCUT2D eigenvalue weighted by Crippen LogP contribution is -2.40. The highest BCUT2D eigenvalue weighted by Crippen LogP contribution is 2.05. The van der Waals surface area contributed by atoms with E-state index in [0.717, 1.165) is 6.20 Å². The Balaban J connectivity index is 2.78. The molecule has 0 radical (unpaired) electrons. The summed E-state index contributed by atoms with van der Waals surface area (Å²) >= 11 is 0. The Hall–Kier alpha value is -1.69. The van der Waals surface area contributed by atoms with Crippen molar-refractivity contribution >= 4 is 5.91 Å². The van der Waals surface area contributed by atoms with Gasteiger partial charge in [0.15, 0.2) is 0 Å². The molecule has 6 heteroatoms. The topological polar surface area (TPSA) is 86.3 Å². The van der Waals surface area contributed by atoms with E-state index in [4.69, 9.17) is 0 Å². The molecule has 1 amide bonds. The van der Waals surface area contributed by atoms with Crippen molar-refractivity contribution in [2.24, 2.45) is 0 Å². The van der Waals surface area contributed by atoms with Gasteiger partial charge in [-0.1, -0.05) is 0 Å². The molecule has 0 aliphatic rings. The Morgan fingerprint density at radius 1 is 1.62 bits per heavy atom. The predicted molar refractivity (Wildman–Crippen MR) is 58.1 cm³/mol. The molecule has 1 aromatic rings. The maximum atomic E-state index is 11.8. The van der Waals surface area contributed by atoms with Crippen molar-refractivity contribution in [3.05, 3.63) is 28.4 Å². The summed E-state index contributed by atoms with van der Waals surface area (Å²) < 4.78 is 0. The highest BCUT2D eigenvalue weighted by Gasteiger charge is 2.20. The standard InChI is InChI=1S/C10H15N3O3/c1-10(2,16)6-13(3)9(15)7-4-12-8(14)5-11-7/h4-5,16H,6H2,1-3H3,(H,12,14). The second kappa shape index (κ2) is 4.44. The van der Waals surface area contributed by atoms with Crippen LogP contribution in [0.4, 0.5) is 0 Å². The van der Waals surface area contributed by atoms with Gasteiger partial charge in [0.1, 0.15) is 5.69 Å². The number of likely N-dealkylation sites (N-methyl/N-ethyl adjacent to an activating group) is 1. The molecule has 2 N–H and O–H groups in total. The minimum atomic E-state index is -0.966. The zero-order valence-electron chi connectivity index (χ0n) is 9.52. The van der Waals surface area contributed by atoms with Gasteiger partial charge in [0.25, 0.3) is 11.5 Å². The van der Waals surface area contributed by atoms with E-state index in [9.17, 15) is 14.7 Å². The van der Waals surface area contributed by atoms with Crippen molar-refractivity contribution < 1.29 is 9.90 Å². The zero-order chi connectivity index (χ0) is 12.3. The van der Waals surface area contributed by atoms with Crippen molar-refractivity contribution in [3.63, 3.8) is 0 Å². The average molecular weight is 225 g/mol. The second-order valence-corrected chi connectivity index (χ2v) is 4.27. The molecule has 16 heavy (non-hydrogen) atoms. The van der Waals surface area contributed by atoms with Gasteiger partial charge in [-0.15, -0.1) is 0 Å². The maximum absolute atomic E-state index is 11.8. The number of nitrogens with zero attached hydrogens (tertiary/aromatic N) is 2. The maximum Gasteiger partial charge on any atom is 0.273 e. The number of nitrogens with one attached hydrogen (secondary N) is 1. The Morgan fingerprint density at radius 3 is 2.69 bits per heavy atom. The fourth-order valence-electron chi connectivity index (χ4n) is 1.31. The van der Waals surface area contributed by atoms with E-state index in [1.807, 2.05) is 0 Å². The largest absolute Gasteiger partial charge is 0.389 e. The van der Waals surface area contributed by atoms with Gasteiger partial charge in [0.2, 0.25) is 0 Å². The number of aromatic amines is 1. The number of carbonyl (C=O) groups excluding carboxylic acids is 1. The summed E-state index contributed by atoms with van der Waals surface area (Å²) in [5, 5.41) is 9.56. The smallest absolute Gasteiger partial charge is 0.273 e. The number of aromatic nitrogens is 2. The number of H-pyrrole nitrogens is 1. The van der Waals surface area contributed by atoms with Gasteiger partial charge in [-0.25, -0.2) is 4.98 Å². The quantitative estimate of drug-likeness (QED) is 0.733. The minimum absolute atomic E-state index is 0.145. The first kappa shape index (κ1) is 12.4. The zero-order valence-corrected chi connectivity index (χ0v) is 9.52. The molecule has 6 nitrogen and oxygen atoms in total. The van der Waals surface area contributed by atoms with Crippen molar-refractivity contribution in [1.29, 1.82) is 0 Å². The van der Waals surface area contributed by atoms with E-state index in [1.165, 1.54) is 11.1 Å². The van der Waals surface area contributed by atoms with Crippen LogP contribution in [0, 0.1) is 0 Å². The van der Waals surface area contributed by atoms with E-state index in [1.54, 1.807) is 20.9 Å². The van der Waals surface area contributed by atoms with Gasteiger partial charge in [-0.05, 0) is 13.8 Å². The number of hydrogen-bond acceptors (Lipinski definition) is 4. The number of aliphatic hydroxyl groups is 1. The third-order valence-electron chi connectivity index (χ3n) is 1.86. The summed E-state index contributed by atoms with van der Waals surface area (Å²) in [5.41, 5.74) is -1.18. The summed E-state index contributed by atoms with van der Waals surface area (Å²) in [7, 11) is 1.56. The molecular weight excluding hydrogens is 210 g/mol. The van der Waals surface area contributed by atoms with Gasteiger partial charge in [0, 0.05) is 19.8 Å². The SMILES string of the molecule is CN(CC(C)(C)O)C(=O)c1c[nH]c(=O)cn1. The van der Waals surface area contributed by atoms with E-state index >= 15 is 0 Å². The van der Waals surface area contributed by atoms with Crippen LogP contribution in [-0.2, 0) is 0 Å². The summed E-state index contributed by atoms with van der Waals surface area (Å²) in [6.07, 6.45) is 2.30. The van der Waals surface area contributed by atoms with Gasteiger partial charge in [0.05, 0.1) is 11.8 Å². The lowest BCUT2D eigenvalue weighted by molar-refractivity contribution is 0.0364. The molecule has 0 saturated heterocycles. The number of carbonyl (C=O) groups is 1. The molecular formula is C10H15N3O3. The fraction of sp³-hybridized carbons (Fsp3) is 0.500. The second-order valence-electron chi connectivity index (χ2n) is 4.27. The Bertz CT molecular complexity index is 413. The van der Waals surface area contributed by atoms with Crippen molar-refractivity contribution in [1.82, 2.24) is 14.9 Å². The first-order valence-corrected chi connectivity index (χ1v) is 4.82. The molecule has 0 fully saturated rings. The van der Waals surface area contributed by atoms with Gasteiger partial charge in [-0.3, -0.25) is 9.59 Å². The van der Waals surface area contributed by atoms with E-state index in [0.29, 0.717) is 0 Å². The molecule has 0 spiro atoms. The molecule has 0 saturated carbocycles. The Labute approximate surface area is 92.9 Å². The number of hydrogen-bond donors (Lipinski definition) is 2. The predicted octanol–water partition coefficient (Wildman–Crippen LogP) is -0.387. The van der Waals surface area contributed by atoms with Crippen LogP contribution in [0.5, 0.6) is 0 Å². The minimum Gasteiger partial charge on any atom is -0.389 e. The van der Waals surface area contributed by atoms with Crippen LogP contribution >= 0.6 is 0 Å². The van der Waals surface area contributed by atoms with Crippen molar-refractivity contribution in [2.75, 3.05) is 13.6 Å². The lowest BCUT2D eigenvalue weighted by atomic mass is 10.1. The lowest BCUT2D eigenvalue weighted by Gasteiger charge is -2.25. The van der Waals surface area contributed by atoms with Crippen LogP contribution < -0.4 is 5.56 Å². The molecule has 0 aliphatic heterocycles. The summed E-state index contributed by atoms with van der Waals surface area (Å²) in [4.78, 5) is 30.0. The van der Waals surface area contributed by atoms with E-state index < -0.39 is 5.60 Å². The molecule has 1 aromatic heterocycles. The van der Waals surface area contributed by atoms with Gasteiger partial charge >= 0.3 is 0 Å². The van der Waals surface area contributed by atoms with E-state index in [2.05, 4.69) is 9.97 Å². The molecule has 1 rings (SSSR count). The van der Waals surface area contributed by atoms with Crippen molar-refractivity contribution in [2.45, 2.75) is 19.4 Å². The molecule has 1 heterocycles. The summed E-state index contributed by atoms with van der Waals surface area (Å²) in [6.45, 7) is 3.40. The Morgan fingerprint density at radius 2 is 2.25 bits per heavy atom. The highest BCUT2D eigenvalue weighted by atomic mass is 16.3. The van der Waals surface area contributed by atoms with E-state index in [-0.39, 0.29) is 23.7 Å². The fourth-order valence-corrected chi connectivity index (χ4v) is 1.31. The normalized spacial score (nSPS) is 11.2. The molecule has 0 aliphatic carbocycles. The Kier molecular flexibility index (Phi) is 3.44.